The van der Waals surface area contributed by atoms with Crippen LogP contribution in [0.2, 0.25) is 0 Å². The summed E-state index contributed by atoms with van der Waals surface area (Å²) in [6.07, 6.45) is 4.47. The van der Waals surface area contributed by atoms with E-state index in [-0.39, 0.29) is 0 Å². The Labute approximate surface area is 134 Å². The molecule has 0 aromatic heterocycles. The number of hydrogen-bond acceptors (Lipinski definition) is 5. The van der Waals surface area contributed by atoms with Gasteiger partial charge < -0.3 is 14.9 Å². The van der Waals surface area contributed by atoms with Gasteiger partial charge in [-0.15, -0.1) is 0 Å². The quantitative estimate of drug-likeness (QED) is 0.597. The maximum atomic E-state index is 12.2. The number of aliphatic carboxylic acids is 2. The monoisotopic (exact) mass is 326 g/mol. The molecule has 0 heterocycles. The van der Waals surface area contributed by atoms with Gasteiger partial charge in [0, 0.05) is 0 Å². The molecule has 128 valence electrons. The fourth-order valence-electron chi connectivity index (χ4n) is 3.67. The zero-order chi connectivity index (χ0) is 17.0. The third kappa shape index (κ3) is 4.09. The van der Waals surface area contributed by atoms with Crippen LogP contribution in [0.4, 0.5) is 0 Å². The average Bonchev–Trinajstić information content (AvgIpc) is 2.54. The normalized spacial score (nSPS) is 31.1. The molecule has 2 N–H and O–H groups in total. The predicted molar refractivity (Wildman–Crippen MR) is 77.3 cm³/mol. The maximum absolute atomic E-state index is 12.2. The van der Waals surface area contributed by atoms with Gasteiger partial charge in [0.15, 0.2) is 0 Å². The molecule has 4 atom stereocenters. The Kier molecular flexibility index (Phi) is 5.74. The van der Waals surface area contributed by atoms with Crippen LogP contribution in [-0.4, -0.2) is 34.1 Å². The van der Waals surface area contributed by atoms with Gasteiger partial charge in [0.2, 0.25) is 0 Å². The van der Waals surface area contributed by atoms with Crippen molar-refractivity contribution >= 4 is 23.9 Å². The summed E-state index contributed by atoms with van der Waals surface area (Å²) in [6.45, 7) is 0. The smallest absolute Gasteiger partial charge is 0.317 e. The van der Waals surface area contributed by atoms with Gasteiger partial charge in [0.05, 0.1) is 23.7 Å². The van der Waals surface area contributed by atoms with Crippen molar-refractivity contribution in [2.75, 3.05) is 0 Å². The number of esters is 2. The molecule has 0 unspecified atom stereocenters. The molecule has 0 aromatic carbocycles. The molecular formula is C16H22O7. The van der Waals surface area contributed by atoms with E-state index in [9.17, 15) is 29.4 Å². The topological polar surface area (TPSA) is 118 Å². The summed E-state index contributed by atoms with van der Waals surface area (Å²) < 4.78 is 4.89. The van der Waals surface area contributed by atoms with Gasteiger partial charge in [0.1, 0.15) is 0 Å². The second-order valence-corrected chi connectivity index (χ2v) is 6.41. The molecule has 2 aliphatic carbocycles. The van der Waals surface area contributed by atoms with E-state index in [0.717, 1.165) is 25.7 Å². The first-order chi connectivity index (χ1) is 10.9. The van der Waals surface area contributed by atoms with E-state index in [2.05, 4.69) is 0 Å². The van der Waals surface area contributed by atoms with Crippen molar-refractivity contribution < 1.29 is 34.1 Å². The Balaban J connectivity index is 2.01. The van der Waals surface area contributed by atoms with Gasteiger partial charge >= 0.3 is 23.9 Å². The van der Waals surface area contributed by atoms with Crippen LogP contribution in [0, 0.1) is 23.7 Å². The van der Waals surface area contributed by atoms with Crippen LogP contribution in [0.3, 0.4) is 0 Å². The van der Waals surface area contributed by atoms with Crippen molar-refractivity contribution in [2.45, 2.75) is 51.4 Å². The molecule has 0 aromatic rings. The Morgan fingerprint density at radius 1 is 0.609 bits per heavy atom. The molecule has 2 rings (SSSR count). The highest BCUT2D eigenvalue weighted by molar-refractivity contribution is 5.92. The summed E-state index contributed by atoms with van der Waals surface area (Å²) in [5.74, 6) is -7.06. The maximum Gasteiger partial charge on any atom is 0.317 e. The molecule has 2 saturated carbocycles. The number of carboxylic acids is 2. The summed E-state index contributed by atoms with van der Waals surface area (Å²) in [6, 6.07) is 0. The van der Waals surface area contributed by atoms with Crippen molar-refractivity contribution in [3.63, 3.8) is 0 Å². The summed E-state index contributed by atoms with van der Waals surface area (Å²) >= 11 is 0. The highest BCUT2D eigenvalue weighted by atomic mass is 16.6. The standard InChI is InChI=1S/C16H22O7/c17-13(18)9-5-1-3-7-11(9)15(21)23-16(22)12-8-4-2-6-10(12)14(19)20/h9-12H,1-8H2,(H,17,18)(H,19,20)/t9-,10+,11+,12-. The molecule has 0 bridgehead atoms. The van der Waals surface area contributed by atoms with Crippen molar-refractivity contribution in [3.05, 3.63) is 0 Å². The molecule has 0 aliphatic heterocycles. The second kappa shape index (κ2) is 7.57. The van der Waals surface area contributed by atoms with Crippen molar-refractivity contribution in [1.82, 2.24) is 0 Å². The second-order valence-electron chi connectivity index (χ2n) is 6.41. The molecule has 0 saturated heterocycles. The number of carboxylic acid groups (broad SMARTS) is 2. The molecule has 0 radical (unpaired) electrons. The number of hydrogen-bond donors (Lipinski definition) is 2. The van der Waals surface area contributed by atoms with E-state index in [0.29, 0.717) is 25.7 Å². The Morgan fingerprint density at radius 3 is 1.22 bits per heavy atom. The summed E-state index contributed by atoms with van der Waals surface area (Å²) in [5, 5.41) is 18.4. The lowest BCUT2D eigenvalue weighted by Gasteiger charge is -2.29. The van der Waals surface area contributed by atoms with Crippen LogP contribution < -0.4 is 0 Å². The fraction of sp³-hybridized carbons (Fsp3) is 0.750. The third-order valence-electron chi connectivity index (χ3n) is 4.97. The number of carbonyl (C=O) groups excluding carboxylic acids is 2. The van der Waals surface area contributed by atoms with E-state index in [1.165, 1.54) is 0 Å². The Bertz CT molecular complexity index is 455. The van der Waals surface area contributed by atoms with E-state index in [1.807, 2.05) is 0 Å². The molecule has 23 heavy (non-hydrogen) atoms. The zero-order valence-corrected chi connectivity index (χ0v) is 12.9. The highest BCUT2D eigenvalue weighted by Crippen LogP contribution is 2.34. The molecule has 2 aliphatic rings. The van der Waals surface area contributed by atoms with Crippen LogP contribution in [0.1, 0.15) is 51.4 Å². The first-order valence-corrected chi connectivity index (χ1v) is 8.13. The third-order valence-corrected chi connectivity index (χ3v) is 4.97. The van der Waals surface area contributed by atoms with Gasteiger partial charge in [-0.25, -0.2) is 0 Å². The molecule has 7 heteroatoms. The van der Waals surface area contributed by atoms with Crippen LogP contribution in [0.15, 0.2) is 0 Å². The lowest BCUT2D eigenvalue weighted by atomic mass is 9.78. The molecule has 7 nitrogen and oxygen atoms in total. The summed E-state index contributed by atoms with van der Waals surface area (Å²) in [7, 11) is 0. The SMILES string of the molecule is O=C(O)[C@H]1CCCC[C@H]1C(=O)OC(=O)[C@H]1CCCC[C@H]1C(=O)O. The van der Waals surface area contributed by atoms with Gasteiger partial charge in [-0.3, -0.25) is 19.2 Å². The lowest BCUT2D eigenvalue weighted by Crippen LogP contribution is -2.38. The molecule has 0 spiro atoms. The minimum absolute atomic E-state index is 0.385. The Hall–Kier alpha value is -1.92. The number of ether oxygens (including phenoxy) is 1. The van der Waals surface area contributed by atoms with E-state index < -0.39 is 47.5 Å². The van der Waals surface area contributed by atoms with Crippen LogP contribution in [-0.2, 0) is 23.9 Å². The summed E-state index contributed by atoms with van der Waals surface area (Å²) in [5.41, 5.74) is 0. The molecular weight excluding hydrogens is 304 g/mol. The van der Waals surface area contributed by atoms with E-state index in [1.54, 1.807) is 0 Å². The zero-order valence-electron chi connectivity index (χ0n) is 12.9. The van der Waals surface area contributed by atoms with Crippen LogP contribution in [0.5, 0.6) is 0 Å². The minimum atomic E-state index is -1.06. The lowest BCUT2D eigenvalue weighted by molar-refractivity contribution is -0.174. The van der Waals surface area contributed by atoms with Crippen molar-refractivity contribution in [1.29, 1.82) is 0 Å². The van der Waals surface area contributed by atoms with E-state index in [4.69, 9.17) is 4.74 Å². The van der Waals surface area contributed by atoms with Gasteiger partial charge in [-0.1, -0.05) is 25.7 Å². The predicted octanol–water partition coefficient (Wildman–Crippen LogP) is 1.84. The number of rotatable bonds is 4. The largest absolute Gasteiger partial charge is 0.481 e. The van der Waals surface area contributed by atoms with Crippen LogP contribution in [0.25, 0.3) is 0 Å². The van der Waals surface area contributed by atoms with Crippen molar-refractivity contribution in [2.24, 2.45) is 23.7 Å². The summed E-state index contributed by atoms with van der Waals surface area (Å²) in [4.78, 5) is 46.8. The molecule has 0 amide bonds. The van der Waals surface area contributed by atoms with E-state index >= 15 is 0 Å². The number of carbonyl (C=O) groups is 4. The minimum Gasteiger partial charge on any atom is -0.481 e. The van der Waals surface area contributed by atoms with Crippen molar-refractivity contribution in [3.8, 4) is 0 Å². The van der Waals surface area contributed by atoms with Gasteiger partial charge in [0.25, 0.3) is 0 Å². The first-order valence-electron chi connectivity index (χ1n) is 8.13. The van der Waals surface area contributed by atoms with Crippen LogP contribution >= 0.6 is 0 Å². The van der Waals surface area contributed by atoms with Gasteiger partial charge in [-0.2, -0.15) is 0 Å². The average molecular weight is 326 g/mol. The highest BCUT2D eigenvalue weighted by Gasteiger charge is 2.41. The fourth-order valence-corrected chi connectivity index (χ4v) is 3.67. The first kappa shape index (κ1) is 17.4. The Morgan fingerprint density at radius 2 is 0.913 bits per heavy atom. The molecule has 2 fully saturated rings. The van der Waals surface area contributed by atoms with Gasteiger partial charge in [-0.05, 0) is 25.7 Å².